The van der Waals surface area contributed by atoms with E-state index < -0.39 is 0 Å². The monoisotopic (exact) mass is 381 g/mol. The van der Waals surface area contributed by atoms with Gasteiger partial charge in [0, 0.05) is 51.2 Å². The van der Waals surface area contributed by atoms with Crippen molar-refractivity contribution in [3.8, 4) is 5.75 Å². The Hall–Kier alpha value is -2.76. The molecule has 1 saturated heterocycles. The average Bonchev–Trinajstić information content (AvgIpc) is 2.74. The predicted molar refractivity (Wildman–Crippen MR) is 115 cm³/mol. The first-order chi connectivity index (χ1) is 13.7. The number of para-hydroxylation sites is 2. The van der Waals surface area contributed by atoms with Crippen molar-refractivity contribution >= 4 is 11.6 Å². The molecule has 1 aliphatic heterocycles. The summed E-state index contributed by atoms with van der Waals surface area (Å²) in [5.74, 6) is 1.94. The molecule has 1 aliphatic rings. The minimum absolute atomic E-state index is 0.764. The van der Waals surface area contributed by atoms with Gasteiger partial charge in [0.1, 0.15) is 5.75 Å². The zero-order valence-electron chi connectivity index (χ0n) is 17.2. The van der Waals surface area contributed by atoms with Crippen LogP contribution in [0.4, 0.5) is 5.69 Å². The average molecular weight is 382 g/mol. The van der Waals surface area contributed by atoms with Crippen LogP contribution in [0.2, 0.25) is 0 Å². The van der Waals surface area contributed by atoms with Gasteiger partial charge in [-0.3, -0.25) is 9.98 Å². The lowest BCUT2D eigenvalue weighted by atomic mass is 10.2. The summed E-state index contributed by atoms with van der Waals surface area (Å²) in [6, 6.07) is 12.4. The van der Waals surface area contributed by atoms with Crippen molar-refractivity contribution in [1.82, 2.24) is 15.2 Å². The summed E-state index contributed by atoms with van der Waals surface area (Å²) < 4.78 is 5.52. The SMILES string of the molecule is CCNC(=NCCc1ccc(C)nc1)N1CCN(c2ccccc2OC)CC1. The van der Waals surface area contributed by atoms with E-state index in [2.05, 4.69) is 51.3 Å². The van der Waals surface area contributed by atoms with E-state index in [1.165, 1.54) is 11.3 Å². The third-order valence-electron chi connectivity index (χ3n) is 4.97. The van der Waals surface area contributed by atoms with Crippen LogP contribution < -0.4 is 15.0 Å². The van der Waals surface area contributed by atoms with E-state index in [4.69, 9.17) is 9.73 Å². The van der Waals surface area contributed by atoms with Crippen molar-refractivity contribution in [2.24, 2.45) is 4.99 Å². The fourth-order valence-corrected chi connectivity index (χ4v) is 3.41. The van der Waals surface area contributed by atoms with E-state index in [-0.39, 0.29) is 0 Å². The highest BCUT2D eigenvalue weighted by Gasteiger charge is 2.21. The molecule has 1 aromatic carbocycles. The number of piperazine rings is 1. The summed E-state index contributed by atoms with van der Waals surface area (Å²) in [6.07, 6.45) is 2.85. The Morgan fingerprint density at radius 2 is 1.93 bits per heavy atom. The van der Waals surface area contributed by atoms with Gasteiger partial charge in [-0.2, -0.15) is 0 Å². The zero-order chi connectivity index (χ0) is 19.8. The number of hydrogen-bond acceptors (Lipinski definition) is 4. The lowest BCUT2D eigenvalue weighted by Gasteiger charge is -2.38. The Morgan fingerprint density at radius 3 is 2.61 bits per heavy atom. The first-order valence-electron chi connectivity index (χ1n) is 10.0. The first-order valence-corrected chi connectivity index (χ1v) is 10.0. The standard InChI is InChI=1S/C22H31N5O/c1-4-23-22(24-12-11-19-10-9-18(2)25-17-19)27-15-13-26(14-16-27)20-7-5-6-8-21(20)28-3/h5-10,17H,4,11-16H2,1-3H3,(H,23,24). The number of aliphatic imine (C=N–C) groups is 1. The molecule has 6 nitrogen and oxygen atoms in total. The summed E-state index contributed by atoms with van der Waals surface area (Å²) in [4.78, 5) is 13.9. The summed E-state index contributed by atoms with van der Waals surface area (Å²) in [6.45, 7) is 9.54. The van der Waals surface area contributed by atoms with Crippen LogP contribution in [0.5, 0.6) is 5.75 Å². The number of guanidine groups is 1. The van der Waals surface area contributed by atoms with E-state index in [1.54, 1.807) is 7.11 Å². The van der Waals surface area contributed by atoms with Crippen LogP contribution in [0, 0.1) is 6.92 Å². The van der Waals surface area contributed by atoms with Crippen molar-refractivity contribution in [3.05, 3.63) is 53.9 Å². The van der Waals surface area contributed by atoms with Crippen LogP contribution in [0.25, 0.3) is 0 Å². The van der Waals surface area contributed by atoms with E-state index in [9.17, 15) is 0 Å². The Labute approximate surface area is 168 Å². The smallest absolute Gasteiger partial charge is 0.194 e. The number of hydrogen-bond donors (Lipinski definition) is 1. The molecule has 1 fully saturated rings. The molecule has 0 aliphatic carbocycles. The van der Waals surface area contributed by atoms with Gasteiger partial charge in [-0.1, -0.05) is 18.2 Å². The molecule has 0 bridgehead atoms. The number of nitrogens with zero attached hydrogens (tertiary/aromatic N) is 4. The van der Waals surface area contributed by atoms with E-state index in [1.807, 2.05) is 25.3 Å². The van der Waals surface area contributed by atoms with Crippen LogP contribution >= 0.6 is 0 Å². The molecule has 0 amide bonds. The second kappa shape index (κ2) is 9.97. The summed E-state index contributed by atoms with van der Waals surface area (Å²) in [5, 5.41) is 3.44. The fourth-order valence-electron chi connectivity index (χ4n) is 3.41. The van der Waals surface area contributed by atoms with Crippen LogP contribution in [0.15, 0.2) is 47.6 Å². The zero-order valence-corrected chi connectivity index (χ0v) is 17.2. The van der Waals surface area contributed by atoms with Crippen molar-refractivity contribution in [3.63, 3.8) is 0 Å². The van der Waals surface area contributed by atoms with Crippen molar-refractivity contribution in [2.75, 3.05) is 51.3 Å². The quantitative estimate of drug-likeness (QED) is 0.616. The van der Waals surface area contributed by atoms with Crippen LogP contribution in [-0.4, -0.2) is 62.2 Å². The summed E-state index contributed by atoms with van der Waals surface area (Å²) in [7, 11) is 1.73. The van der Waals surface area contributed by atoms with Gasteiger partial charge in [-0.05, 0) is 44.0 Å². The number of ether oxygens (including phenoxy) is 1. The van der Waals surface area contributed by atoms with Crippen LogP contribution in [-0.2, 0) is 6.42 Å². The van der Waals surface area contributed by atoms with Gasteiger partial charge in [-0.15, -0.1) is 0 Å². The van der Waals surface area contributed by atoms with Gasteiger partial charge in [0.05, 0.1) is 12.8 Å². The van der Waals surface area contributed by atoms with Crippen molar-refractivity contribution in [1.29, 1.82) is 0 Å². The number of benzene rings is 1. The number of aromatic nitrogens is 1. The third-order valence-corrected chi connectivity index (χ3v) is 4.97. The molecule has 2 aromatic rings. The highest BCUT2D eigenvalue weighted by atomic mass is 16.5. The van der Waals surface area contributed by atoms with E-state index in [0.29, 0.717) is 0 Å². The van der Waals surface area contributed by atoms with Gasteiger partial charge in [0.25, 0.3) is 0 Å². The molecule has 1 aromatic heterocycles. The van der Waals surface area contributed by atoms with Gasteiger partial charge < -0.3 is 19.9 Å². The first kappa shape index (κ1) is 20.0. The highest BCUT2D eigenvalue weighted by Crippen LogP contribution is 2.28. The maximum Gasteiger partial charge on any atom is 0.194 e. The van der Waals surface area contributed by atoms with Crippen LogP contribution in [0.1, 0.15) is 18.2 Å². The van der Waals surface area contributed by atoms with Crippen molar-refractivity contribution in [2.45, 2.75) is 20.3 Å². The van der Waals surface area contributed by atoms with Gasteiger partial charge in [0.15, 0.2) is 5.96 Å². The summed E-state index contributed by atoms with van der Waals surface area (Å²) >= 11 is 0. The lowest BCUT2D eigenvalue weighted by molar-refractivity contribution is 0.367. The second-order valence-corrected chi connectivity index (χ2v) is 6.94. The minimum Gasteiger partial charge on any atom is -0.495 e. The summed E-state index contributed by atoms with van der Waals surface area (Å²) in [5.41, 5.74) is 3.44. The molecule has 3 rings (SSSR count). The number of pyridine rings is 1. The normalized spacial score (nSPS) is 14.9. The van der Waals surface area contributed by atoms with E-state index >= 15 is 0 Å². The number of aryl methyl sites for hydroxylation is 1. The van der Waals surface area contributed by atoms with Gasteiger partial charge in [-0.25, -0.2) is 0 Å². The maximum absolute atomic E-state index is 5.52. The van der Waals surface area contributed by atoms with Gasteiger partial charge in [0.2, 0.25) is 0 Å². The predicted octanol–water partition coefficient (Wildman–Crippen LogP) is 2.73. The second-order valence-electron chi connectivity index (χ2n) is 6.94. The topological polar surface area (TPSA) is 53.0 Å². The van der Waals surface area contributed by atoms with Crippen LogP contribution in [0.3, 0.4) is 0 Å². The number of methoxy groups -OCH3 is 1. The number of rotatable bonds is 6. The Balaban J connectivity index is 1.58. The molecule has 0 unspecified atom stereocenters. The Morgan fingerprint density at radius 1 is 1.14 bits per heavy atom. The third kappa shape index (κ3) is 5.15. The molecule has 0 saturated carbocycles. The molecule has 1 N–H and O–H groups in total. The van der Waals surface area contributed by atoms with Crippen molar-refractivity contribution < 1.29 is 4.74 Å². The molecule has 6 heteroatoms. The molecule has 2 heterocycles. The Kier molecular flexibility index (Phi) is 7.12. The molecular weight excluding hydrogens is 350 g/mol. The molecule has 0 spiro atoms. The van der Waals surface area contributed by atoms with Gasteiger partial charge >= 0.3 is 0 Å². The number of anilines is 1. The minimum atomic E-state index is 0.764. The number of nitrogens with one attached hydrogen (secondary N) is 1. The lowest BCUT2D eigenvalue weighted by Crippen LogP contribution is -2.52. The largest absolute Gasteiger partial charge is 0.495 e. The molecule has 28 heavy (non-hydrogen) atoms. The molecular formula is C22H31N5O. The molecule has 150 valence electrons. The van der Waals surface area contributed by atoms with E-state index in [0.717, 1.165) is 63.1 Å². The fraction of sp³-hybridized carbons (Fsp3) is 0.455. The Bertz CT molecular complexity index is 767. The highest BCUT2D eigenvalue weighted by molar-refractivity contribution is 5.80. The molecule has 0 atom stereocenters. The maximum atomic E-state index is 5.52. The molecule has 0 radical (unpaired) electrons.